The van der Waals surface area contributed by atoms with E-state index in [1.54, 1.807) is 0 Å². The maximum atomic E-state index is 13.4. The molecule has 6 N–H and O–H groups in total. The van der Waals surface area contributed by atoms with E-state index in [0.717, 1.165) is 12.1 Å². The average Bonchev–Trinajstić information content (AvgIpc) is 2.27. The van der Waals surface area contributed by atoms with E-state index >= 15 is 0 Å². The molecule has 0 heterocycles. The van der Waals surface area contributed by atoms with Gasteiger partial charge < -0.3 is 21.9 Å². The Kier molecular flexibility index (Phi) is 4.19. The molecule has 0 atom stereocenters. The molecule has 0 aromatic heterocycles. The Hall–Kier alpha value is -2.91. The molecule has 0 unspecified atom stereocenters. The number of halogens is 1. The Morgan fingerprint density at radius 3 is 2.53 bits per heavy atom. The molecule has 1 rings (SSSR count). The average molecular weight is 270 g/mol. The second-order valence-corrected chi connectivity index (χ2v) is 3.24. The van der Waals surface area contributed by atoms with Crippen molar-refractivity contribution in [3.05, 3.63) is 28.1 Å². The molecule has 0 bridgehead atoms. The third kappa shape index (κ3) is 3.52. The quantitative estimate of drug-likeness (QED) is 0.303. The Bertz CT molecular complexity index is 567. The van der Waals surface area contributed by atoms with Crippen LogP contribution in [0.4, 0.5) is 15.8 Å². The maximum Gasteiger partial charge on any atom is 0.308 e. The number of hydrogen-bond donors (Lipinski definition) is 3. The number of guanidine groups is 2. The van der Waals surface area contributed by atoms with Crippen LogP contribution in [0.1, 0.15) is 0 Å². The van der Waals surface area contributed by atoms with Crippen LogP contribution in [0.15, 0.2) is 22.1 Å². The smallest absolute Gasteiger partial charge is 0.308 e. The van der Waals surface area contributed by atoms with Gasteiger partial charge in [0.05, 0.1) is 18.1 Å². The van der Waals surface area contributed by atoms with Crippen LogP contribution in [-0.2, 0) is 0 Å². The summed E-state index contributed by atoms with van der Waals surface area (Å²) in [6.45, 7) is 0. The van der Waals surface area contributed by atoms with Gasteiger partial charge in [-0.3, -0.25) is 10.1 Å². The first-order chi connectivity index (χ1) is 8.85. The van der Waals surface area contributed by atoms with Gasteiger partial charge in [-0.05, 0) is 0 Å². The lowest BCUT2D eigenvalue weighted by Crippen LogP contribution is -2.26. The second-order valence-electron chi connectivity index (χ2n) is 3.24. The SMILES string of the molecule is COc1cc([N+](=O)[O-])c(F)cc1N=C(N)N=C(N)N. The van der Waals surface area contributed by atoms with Crippen LogP contribution in [0.5, 0.6) is 5.75 Å². The van der Waals surface area contributed by atoms with Crippen molar-refractivity contribution in [3.63, 3.8) is 0 Å². The summed E-state index contributed by atoms with van der Waals surface area (Å²) in [6.07, 6.45) is 0. The van der Waals surface area contributed by atoms with E-state index in [2.05, 4.69) is 9.98 Å². The van der Waals surface area contributed by atoms with Crippen molar-refractivity contribution in [1.29, 1.82) is 0 Å². The zero-order valence-electron chi connectivity index (χ0n) is 9.83. The summed E-state index contributed by atoms with van der Waals surface area (Å²) in [7, 11) is 1.24. The number of nitro benzene ring substituents is 1. The number of nitrogens with zero attached hydrogens (tertiary/aromatic N) is 3. The highest BCUT2D eigenvalue weighted by molar-refractivity contribution is 5.93. The van der Waals surface area contributed by atoms with Crippen molar-refractivity contribution >= 4 is 23.3 Å². The number of ether oxygens (including phenoxy) is 1. The predicted octanol–water partition coefficient (Wildman–Crippen LogP) is -0.0379. The minimum absolute atomic E-state index is 0.0400. The first kappa shape index (κ1) is 14.2. The van der Waals surface area contributed by atoms with Crippen molar-refractivity contribution < 1.29 is 14.1 Å². The zero-order valence-corrected chi connectivity index (χ0v) is 9.83. The van der Waals surface area contributed by atoms with Gasteiger partial charge in [-0.2, -0.15) is 9.38 Å². The molecule has 19 heavy (non-hydrogen) atoms. The number of hydrogen-bond acceptors (Lipinski definition) is 4. The summed E-state index contributed by atoms with van der Waals surface area (Å²) in [5, 5.41) is 10.6. The highest BCUT2D eigenvalue weighted by atomic mass is 19.1. The summed E-state index contributed by atoms with van der Waals surface area (Å²) in [5.41, 5.74) is 14.7. The van der Waals surface area contributed by atoms with Gasteiger partial charge in [-0.15, -0.1) is 0 Å². The molecular formula is C9H11FN6O3. The molecule has 102 valence electrons. The van der Waals surface area contributed by atoms with Crippen LogP contribution in [0.2, 0.25) is 0 Å². The highest BCUT2D eigenvalue weighted by Crippen LogP contribution is 2.33. The minimum Gasteiger partial charge on any atom is -0.494 e. The van der Waals surface area contributed by atoms with Crippen LogP contribution < -0.4 is 21.9 Å². The van der Waals surface area contributed by atoms with Crippen molar-refractivity contribution in [2.24, 2.45) is 27.2 Å². The van der Waals surface area contributed by atoms with Gasteiger partial charge in [0.15, 0.2) is 11.7 Å². The van der Waals surface area contributed by atoms with Gasteiger partial charge in [0, 0.05) is 6.07 Å². The zero-order chi connectivity index (χ0) is 14.6. The first-order valence-electron chi connectivity index (χ1n) is 4.81. The minimum atomic E-state index is -1.08. The maximum absolute atomic E-state index is 13.4. The molecule has 0 radical (unpaired) electrons. The van der Waals surface area contributed by atoms with Crippen molar-refractivity contribution in [2.45, 2.75) is 0 Å². The van der Waals surface area contributed by atoms with Gasteiger partial charge in [-0.1, -0.05) is 0 Å². The number of aliphatic imine (C=N–C) groups is 2. The van der Waals surface area contributed by atoms with E-state index in [1.165, 1.54) is 7.11 Å². The molecular weight excluding hydrogens is 259 g/mol. The van der Waals surface area contributed by atoms with E-state index in [-0.39, 0.29) is 23.4 Å². The molecule has 1 aromatic rings. The predicted molar refractivity (Wildman–Crippen MR) is 66.7 cm³/mol. The summed E-state index contributed by atoms with van der Waals surface area (Å²) < 4.78 is 18.3. The molecule has 10 heteroatoms. The third-order valence-electron chi connectivity index (χ3n) is 1.92. The van der Waals surface area contributed by atoms with Crippen molar-refractivity contribution in [3.8, 4) is 5.75 Å². The highest BCUT2D eigenvalue weighted by Gasteiger charge is 2.18. The summed E-state index contributed by atoms with van der Waals surface area (Å²) in [5.74, 6) is -1.79. The van der Waals surface area contributed by atoms with Crippen LogP contribution in [-0.4, -0.2) is 24.0 Å². The van der Waals surface area contributed by atoms with Crippen molar-refractivity contribution in [2.75, 3.05) is 7.11 Å². The van der Waals surface area contributed by atoms with E-state index in [1.807, 2.05) is 0 Å². The fourth-order valence-electron chi connectivity index (χ4n) is 1.20. The Morgan fingerprint density at radius 1 is 1.42 bits per heavy atom. The Balaban J connectivity index is 3.33. The lowest BCUT2D eigenvalue weighted by Gasteiger charge is -2.05. The van der Waals surface area contributed by atoms with Gasteiger partial charge in [0.2, 0.25) is 11.8 Å². The fraction of sp³-hybridized carbons (Fsp3) is 0.111. The fourth-order valence-corrected chi connectivity index (χ4v) is 1.20. The molecule has 0 saturated carbocycles. The number of rotatable bonds is 3. The molecule has 0 aliphatic carbocycles. The standard InChI is InChI=1S/C9H11FN6O3/c1-19-7-3-6(16(17)18)4(10)2-5(7)14-9(13)15-8(11)12/h2-3H,1H3,(H6,11,12,13,14,15). The number of nitrogens with two attached hydrogens (primary N) is 3. The van der Waals surface area contributed by atoms with Crippen LogP contribution >= 0.6 is 0 Å². The van der Waals surface area contributed by atoms with Crippen LogP contribution in [0.3, 0.4) is 0 Å². The lowest BCUT2D eigenvalue weighted by molar-refractivity contribution is -0.387. The summed E-state index contributed by atoms with van der Waals surface area (Å²) in [6, 6.07) is 1.68. The van der Waals surface area contributed by atoms with Gasteiger partial charge >= 0.3 is 5.69 Å². The molecule has 0 amide bonds. The molecule has 0 fully saturated rings. The largest absolute Gasteiger partial charge is 0.494 e. The lowest BCUT2D eigenvalue weighted by atomic mass is 10.2. The number of methoxy groups -OCH3 is 1. The van der Waals surface area contributed by atoms with E-state index in [4.69, 9.17) is 21.9 Å². The van der Waals surface area contributed by atoms with Crippen molar-refractivity contribution in [1.82, 2.24) is 0 Å². The molecule has 9 nitrogen and oxygen atoms in total. The summed E-state index contributed by atoms with van der Waals surface area (Å²) >= 11 is 0. The number of nitro groups is 1. The third-order valence-corrected chi connectivity index (χ3v) is 1.92. The Morgan fingerprint density at radius 2 is 2.05 bits per heavy atom. The van der Waals surface area contributed by atoms with E-state index in [0.29, 0.717) is 0 Å². The monoisotopic (exact) mass is 270 g/mol. The van der Waals surface area contributed by atoms with Crippen LogP contribution in [0.25, 0.3) is 0 Å². The molecule has 1 aromatic carbocycles. The molecule has 0 spiro atoms. The Labute approximate surface area is 106 Å². The van der Waals surface area contributed by atoms with Gasteiger partial charge in [0.1, 0.15) is 5.69 Å². The molecule has 0 saturated heterocycles. The van der Waals surface area contributed by atoms with Gasteiger partial charge in [0.25, 0.3) is 0 Å². The van der Waals surface area contributed by atoms with Gasteiger partial charge in [-0.25, -0.2) is 4.99 Å². The first-order valence-corrected chi connectivity index (χ1v) is 4.81. The summed E-state index contributed by atoms with van der Waals surface area (Å²) in [4.78, 5) is 16.8. The number of benzene rings is 1. The molecule has 0 aliphatic rings. The normalized spacial score (nSPS) is 10.9. The van der Waals surface area contributed by atoms with E-state index in [9.17, 15) is 14.5 Å². The second kappa shape index (κ2) is 5.62. The topological polar surface area (TPSA) is 155 Å². The van der Waals surface area contributed by atoms with Crippen LogP contribution in [0, 0.1) is 15.9 Å². The van der Waals surface area contributed by atoms with E-state index < -0.39 is 16.4 Å². The molecule has 0 aliphatic heterocycles.